The number of fused-ring (bicyclic) bond motifs is 1. The minimum atomic E-state index is -0.0787. The highest BCUT2D eigenvalue weighted by molar-refractivity contribution is 7.99. The van der Waals surface area contributed by atoms with Crippen LogP contribution in [0.4, 0.5) is 0 Å². The molecule has 0 aliphatic carbocycles. The fraction of sp³-hybridized carbons (Fsp3) is 0.643. The Morgan fingerprint density at radius 2 is 2.35 bits per heavy atom. The van der Waals surface area contributed by atoms with Crippen LogP contribution in [-0.2, 0) is 11.2 Å². The highest BCUT2D eigenvalue weighted by Crippen LogP contribution is 2.31. The Hall–Kier alpha value is -1.30. The summed E-state index contributed by atoms with van der Waals surface area (Å²) >= 11 is 1.56. The van der Waals surface area contributed by atoms with Crippen molar-refractivity contribution in [3.8, 4) is 0 Å². The van der Waals surface area contributed by atoms with Crippen LogP contribution in [0.2, 0.25) is 0 Å². The van der Waals surface area contributed by atoms with Gasteiger partial charge in [-0.1, -0.05) is 25.6 Å². The summed E-state index contributed by atoms with van der Waals surface area (Å²) in [6.45, 7) is 6.00. The van der Waals surface area contributed by atoms with Gasteiger partial charge in [-0.2, -0.15) is 0 Å². The van der Waals surface area contributed by atoms with E-state index in [0.29, 0.717) is 6.42 Å². The number of amides is 1. The summed E-state index contributed by atoms with van der Waals surface area (Å²) in [5.74, 6) is 0.743. The number of carbonyl (C=O) groups excluding carboxylic acids is 1. The van der Waals surface area contributed by atoms with Gasteiger partial charge in [0.05, 0.1) is 6.04 Å². The summed E-state index contributed by atoms with van der Waals surface area (Å²) < 4.78 is 1.67. The Bertz CT molecular complexity index is 556. The monoisotopic (exact) mass is 295 g/mol. The van der Waals surface area contributed by atoms with Crippen molar-refractivity contribution >= 4 is 17.7 Å². The molecule has 2 atom stereocenters. The molecule has 2 rings (SSSR count). The number of aromatic nitrogens is 2. The standard InChI is InChI=1S/C14H21N3O2S/c1-4-9(3)15-12(18)7-11-8-20-14-16-10(5-2)6-13(19)17(11)14/h6,9,11H,4-5,7-8H2,1-3H3,(H,15,18). The molecule has 0 aromatic carbocycles. The number of rotatable bonds is 5. The zero-order chi connectivity index (χ0) is 14.7. The highest BCUT2D eigenvalue weighted by Gasteiger charge is 2.27. The first-order chi connectivity index (χ1) is 9.55. The number of nitrogens with zero attached hydrogens (tertiary/aromatic N) is 2. The van der Waals surface area contributed by atoms with E-state index in [1.807, 2.05) is 20.8 Å². The molecule has 0 bridgehead atoms. The van der Waals surface area contributed by atoms with Crippen molar-refractivity contribution in [1.82, 2.24) is 14.9 Å². The lowest BCUT2D eigenvalue weighted by molar-refractivity contribution is -0.122. The summed E-state index contributed by atoms with van der Waals surface area (Å²) in [6.07, 6.45) is 2.00. The predicted molar refractivity (Wildman–Crippen MR) is 80.1 cm³/mol. The van der Waals surface area contributed by atoms with Crippen molar-refractivity contribution < 1.29 is 4.79 Å². The minimum Gasteiger partial charge on any atom is -0.354 e. The lowest BCUT2D eigenvalue weighted by atomic mass is 10.2. The van der Waals surface area contributed by atoms with Gasteiger partial charge in [-0.15, -0.1) is 0 Å². The molecule has 0 spiro atoms. The van der Waals surface area contributed by atoms with Crippen LogP contribution < -0.4 is 10.9 Å². The van der Waals surface area contributed by atoms with Crippen LogP contribution in [0.25, 0.3) is 0 Å². The van der Waals surface area contributed by atoms with E-state index in [0.717, 1.165) is 29.4 Å². The molecule has 0 fully saturated rings. The van der Waals surface area contributed by atoms with E-state index in [4.69, 9.17) is 0 Å². The van der Waals surface area contributed by atoms with Crippen molar-refractivity contribution in [2.24, 2.45) is 0 Å². The number of carbonyl (C=O) groups is 1. The summed E-state index contributed by atoms with van der Waals surface area (Å²) in [5, 5.41) is 3.69. The van der Waals surface area contributed by atoms with Crippen LogP contribution in [-0.4, -0.2) is 27.3 Å². The van der Waals surface area contributed by atoms with Crippen molar-refractivity contribution in [3.63, 3.8) is 0 Å². The van der Waals surface area contributed by atoms with Gasteiger partial charge in [0.15, 0.2) is 5.16 Å². The van der Waals surface area contributed by atoms with Gasteiger partial charge in [-0.05, 0) is 19.8 Å². The summed E-state index contributed by atoms with van der Waals surface area (Å²) in [6, 6.07) is 1.67. The smallest absolute Gasteiger partial charge is 0.254 e. The normalized spacial score (nSPS) is 18.6. The van der Waals surface area contributed by atoms with E-state index < -0.39 is 0 Å². The molecule has 1 aliphatic heterocycles. The SMILES string of the molecule is CCc1cc(=O)n2c(n1)SCC2CC(=O)NC(C)CC. The summed E-state index contributed by atoms with van der Waals surface area (Å²) in [5.41, 5.74) is 0.775. The second-order valence-electron chi connectivity index (χ2n) is 5.14. The van der Waals surface area contributed by atoms with Gasteiger partial charge in [-0.25, -0.2) is 4.98 Å². The third-order valence-electron chi connectivity index (χ3n) is 3.55. The molecule has 1 N–H and O–H groups in total. The lowest BCUT2D eigenvalue weighted by Gasteiger charge is -2.16. The third kappa shape index (κ3) is 3.23. The number of nitrogens with one attached hydrogen (secondary N) is 1. The fourth-order valence-electron chi connectivity index (χ4n) is 2.18. The molecular weight excluding hydrogens is 274 g/mol. The van der Waals surface area contributed by atoms with Crippen LogP contribution in [0, 0.1) is 0 Å². The molecule has 6 heteroatoms. The number of hydrogen-bond acceptors (Lipinski definition) is 4. The first-order valence-corrected chi connectivity index (χ1v) is 8.08. The van der Waals surface area contributed by atoms with E-state index in [1.54, 1.807) is 22.4 Å². The van der Waals surface area contributed by atoms with Crippen molar-refractivity contribution in [2.45, 2.75) is 57.3 Å². The lowest BCUT2D eigenvalue weighted by Crippen LogP contribution is -2.35. The van der Waals surface area contributed by atoms with Gasteiger partial charge in [0.2, 0.25) is 5.91 Å². The maximum Gasteiger partial charge on any atom is 0.254 e. The average Bonchev–Trinajstić information content (AvgIpc) is 2.81. The Labute approximate surface area is 123 Å². The Kier molecular flexibility index (Phi) is 4.86. The van der Waals surface area contributed by atoms with Gasteiger partial charge >= 0.3 is 0 Å². The zero-order valence-corrected chi connectivity index (χ0v) is 13.0. The maximum atomic E-state index is 12.1. The first-order valence-electron chi connectivity index (χ1n) is 7.09. The number of aryl methyl sites for hydroxylation is 1. The minimum absolute atomic E-state index is 0.00395. The maximum absolute atomic E-state index is 12.1. The molecule has 5 nitrogen and oxygen atoms in total. The van der Waals surface area contributed by atoms with Gasteiger partial charge in [-0.3, -0.25) is 14.2 Å². The van der Waals surface area contributed by atoms with Crippen LogP contribution in [0.3, 0.4) is 0 Å². The molecule has 0 saturated carbocycles. The molecule has 0 saturated heterocycles. The van der Waals surface area contributed by atoms with Gasteiger partial charge in [0, 0.05) is 30.0 Å². The topological polar surface area (TPSA) is 64.0 Å². The quantitative estimate of drug-likeness (QED) is 0.841. The number of thioether (sulfide) groups is 1. The molecule has 2 unspecified atom stereocenters. The van der Waals surface area contributed by atoms with E-state index in [1.165, 1.54) is 0 Å². The zero-order valence-electron chi connectivity index (χ0n) is 12.2. The third-order valence-corrected chi connectivity index (χ3v) is 4.64. The van der Waals surface area contributed by atoms with E-state index in [9.17, 15) is 9.59 Å². The molecule has 1 aromatic rings. The fourth-order valence-corrected chi connectivity index (χ4v) is 3.35. The van der Waals surface area contributed by atoms with Crippen molar-refractivity contribution in [1.29, 1.82) is 0 Å². The largest absolute Gasteiger partial charge is 0.354 e. The molecule has 110 valence electrons. The van der Waals surface area contributed by atoms with Crippen LogP contribution >= 0.6 is 11.8 Å². The van der Waals surface area contributed by atoms with Gasteiger partial charge < -0.3 is 5.32 Å². The van der Waals surface area contributed by atoms with Crippen LogP contribution in [0.1, 0.15) is 45.3 Å². The van der Waals surface area contributed by atoms with Crippen LogP contribution in [0.15, 0.2) is 16.0 Å². The van der Waals surface area contributed by atoms with Gasteiger partial charge in [0.25, 0.3) is 5.56 Å². The second-order valence-corrected chi connectivity index (χ2v) is 6.12. The molecule has 2 heterocycles. The summed E-state index contributed by atoms with van der Waals surface area (Å²) in [4.78, 5) is 28.6. The average molecular weight is 295 g/mol. The molecule has 1 aliphatic rings. The molecule has 0 radical (unpaired) electrons. The van der Waals surface area contributed by atoms with E-state index >= 15 is 0 Å². The number of hydrogen-bond donors (Lipinski definition) is 1. The van der Waals surface area contributed by atoms with Crippen LogP contribution in [0.5, 0.6) is 0 Å². The molecule has 1 amide bonds. The predicted octanol–water partition coefficient (Wildman–Crippen LogP) is 1.76. The second kappa shape index (κ2) is 6.43. The van der Waals surface area contributed by atoms with Crippen molar-refractivity contribution in [2.75, 3.05) is 5.75 Å². The first kappa shape index (κ1) is 15.1. The van der Waals surface area contributed by atoms with Crippen molar-refractivity contribution in [3.05, 3.63) is 22.1 Å². The molecule has 1 aromatic heterocycles. The Morgan fingerprint density at radius 3 is 3.00 bits per heavy atom. The molecule has 20 heavy (non-hydrogen) atoms. The summed E-state index contributed by atoms with van der Waals surface area (Å²) in [7, 11) is 0. The Balaban J connectivity index is 2.12. The van der Waals surface area contributed by atoms with E-state index in [-0.39, 0.29) is 23.6 Å². The van der Waals surface area contributed by atoms with Gasteiger partial charge in [0.1, 0.15) is 0 Å². The Morgan fingerprint density at radius 1 is 1.60 bits per heavy atom. The highest BCUT2D eigenvalue weighted by atomic mass is 32.2. The molecular formula is C14H21N3O2S. The van der Waals surface area contributed by atoms with E-state index in [2.05, 4.69) is 10.3 Å².